The summed E-state index contributed by atoms with van der Waals surface area (Å²) in [5, 5.41) is 4.61. The molecule has 0 atom stereocenters. The topological polar surface area (TPSA) is 92.6 Å². The summed E-state index contributed by atoms with van der Waals surface area (Å²) >= 11 is 6.29. The molecule has 1 saturated heterocycles. The first-order valence-electron chi connectivity index (χ1n) is 7.65. The van der Waals surface area contributed by atoms with Gasteiger partial charge in [0.05, 0.1) is 16.2 Å². The molecule has 7 nitrogen and oxygen atoms in total. The minimum Gasteiger partial charge on any atom is -0.299 e. The number of aromatic nitrogens is 2. The van der Waals surface area contributed by atoms with Gasteiger partial charge in [0.1, 0.15) is 11.4 Å². The van der Waals surface area contributed by atoms with Crippen LogP contribution in [0, 0.1) is 0 Å². The number of fused-ring (bicyclic) bond motifs is 1. The maximum atomic E-state index is 12.0. The van der Waals surface area contributed by atoms with Gasteiger partial charge in [0.2, 0.25) is 0 Å². The lowest BCUT2D eigenvalue weighted by Crippen LogP contribution is -2.51. The van der Waals surface area contributed by atoms with Crippen LogP contribution in [0.2, 0.25) is 5.02 Å². The Labute approximate surface area is 152 Å². The first-order chi connectivity index (χ1) is 12.5. The Kier molecular flexibility index (Phi) is 3.78. The van der Waals surface area contributed by atoms with Crippen molar-refractivity contribution in [2.45, 2.75) is 0 Å². The highest BCUT2D eigenvalue weighted by atomic mass is 35.5. The van der Waals surface area contributed by atoms with Crippen molar-refractivity contribution < 1.29 is 14.4 Å². The number of carbonyl (C=O) groups excluding carboxylic acids is 3. The van der Waals surface area contributed by atoms with Crippen molar-refractivity contribution in [3.63, 3.8) is 0 Å². The lowest BCUT2D eigenvalue weighted by atomic mass is 10.1. The molecule has 0 aliphatic carbocycles. The Morgan fingerprint density at radius 2 is 1.65 bits per heavy atom. The van der Waals surface area contributed by atoms with E-state index in [1.165, 1.54) is 6.08 Å². The summed E-state index contributed by atoms with van der Waals surface area (Å²) in [6, 6.07) is 11.9. The molecule has 1 aliphatic rings. The number of benzene rings is 1. The van der Waals surface area contributed by atoms with Gasteiger partial charge in [0.25, 0.3) is 11.8 Å². The minimum absolute atomic E-state index is 0.195. The fourth-order valence-corrected chi connectivity index (χ4v) is 2.96. The zero-order valence-corrected chi connectivity index (χ0v) is 13.9. The standard InChI is InChI=1S/C18H11ClN4O3/c19-12-6-2-1-5-10(12)15-20-13(14-7-3-4-8-23(14)15)9-11-16(24)21-18(26)22-17(11)25/h1-9H,(H2,21,22,24,25,26). The molecule has 0 radical (unpaired) electrons. The molecule has 0 bridgehead atoms. The van der Waals surface area contributed by atoms with E-state index < -0.39 is 17.8 Å². The van der Waals surface area contributed by atoms with Crippen molar-refractivity contribution in [1.82, 2.24) is 20.0 Å². The second-order valence-corrected chi connectivity index (χ2v) is 5.96. The van der Waals surface area contributed by atoms with E-state index in [1.807, 2.05) is 57.6 Å². The molecule has 0 saturated carbocycles. The van der Waals surface area contributed by atoms with E-state index in [0.717, 1.165) is 0 Å². The largest absolute Gasteiger partial charge is 0.328 e. The number of carbonyl (C=O) groups is 3. The number of halogens is 1. The summed E-state index contributed by atoms with van der Waals surface area (Å²) in [6.45, 7) is 0. The summed E-state index contributed by atoms with van der Waals surface area (Å²) in [6.07, 6.45) is 3.17. The Morgan fingerprint density at radius 1 is 0.962 bits per heavy atom. The van der Waals surface area contributed by atoms with E-state index in [2.05, 4.69) is 4.98 Å². The van der Waals surface area contributed by atoms with Crippen LogP contribution in [0.25, 0.3) is 23.0 Å². The van der Waals surface area contributed by atoms with Crippen LogP contribution in [0.1, 0.15) is 5.69 Å². The van der Waals surface area contributed by atoms with Crippen LogP contribution < -0.4 is 10.6 Å². The van der Waals surface area contributed by atoms with Crippen LogP contribution in [0.5, 0.6) is 0 Å². The second-order valence-electron chi connectivity index (χ2n) is 5.55. The number of urea groups is 1. The van der Waals surface area contributed by atoms with Crippen molar-refractivity contribution in [1.29, 1.82) is 0 Å². The molecule has 1 aliphatic heterocycles. The van der Waals surface area contributed by atoms with Crippen molar-refractivity contribution in [3.05, 3.63) is 65.0 Å². The normalized spacial score (nSPS) is 14.3. The summed E-state index contributed by atoms with van der Waals surface area (Å²) in [7, 11) is 0. The number of nitrogens with zero attached hydrogens (tertiary/aromatic N) is 2. The Hall–Kier alpha value is -3.45. The monoisotopic (exact) mass is 366 g/mol. The molecule has 4 rings (SSSR count). The van der Waals surface area contributed by atoms with Crippen molar-refractivity contribution in [2.75, 3.05) is 0 Å². The highest BCUT2D eigenvalue weighted by Crippen LogP contribution is 2.29. The quantitative estimate of drug-likeness (QED) is 0.538. The Bertz CT molecular complexity index is 1090. The van der Waals surface area contributed by atoms with E-state index in [0.29, 0.717) is 27.6 Å². The van der Waals surface area contributed by atoms with Crippen LogP contribution in [-0.2, 0) is 9.59 Å². The van der Waals surface area contributed by atoms with Gasteiger partial charge in [0, 0.05) is 11.8 Å². The maximum absolute atomic E-state index is 12.0. The summed E-state index contributed by atoms with van der Waals surface area (Å²) in [5.41, 5.74) is 1.62. The molecule has 128 valence electrons. The van der Waals surface area contributed by atoms with Crippen molar-refractivity contribution in [3.8, 4) is 11.4 Å². The molecule has 8 heteroatoms. The number of nitrogens with one attached hydrogen (secondary N) is 2. The molecule has 4 amide bonds. The van der Waals surface area contributed by atoms with E-state index in [-0.39, 0.29) is 5.57 Å². The summed E-state index contributed by atoms with van der Waals surface area (Å²) in [4.78, 5) is 39.7. The van der Waals surface area contributed by atoms with Gasteiger partial charge in [-0.2, -0.15) is 0 Å². The first-order valence-corrected chi connectivity index (χ1v) is 8.03. The van der Waals surface area contributed by atoms with E-state index in [4.69, 9.17) is 11.6 Å². The van der Waals surface area contributed by atoms with Gasteiger partial charge < -0.3 is 0 Å². The van der Waals surface area contributed by atoms with E-state index >= 15 is 0 Å². The smallest absolute Gasteiger partial charge is 0.299 e. The third kappa shape index (κ3) is 2.64. The molecule has 1 fully saturated rings. The molecular formula is C18H11ClN4O3. The SMILES string of the molecule is O=C1NC(=O)C(=Cc2nc(-c3ccccc3Cl)n3ccccc23)C(=O)N1. The van der Waals surface area contributed by atoms with Crippen molar-refractivity contribution in [2.24, 2.45) is 0 Å². The molecule has 2 N–H and O–H groups in total. The Balaban J connectivity index is 1.91. The van der Waals surface area contributed by atoms with Crippen LogP contribution in [0.15, 0.2) is 54.2 Å². The molecule has 0 unspecified atom stereocenters. The first kappa shape index (κ1) is 16.0. The van der Waals surface area contributed by atoms with E-state index in [1.54, 1.807) is 6.07 Å². The molecule has 0 spiro atoms. The predicted molar refractivity (Wildman–Crippen MR) is 95.3 cm³/mol. The summed E-state index contributed by atoms with van der Waals surface area (Å²) < 4.78 is 1.82. The zero-order valence-electron chi connectivity index (χ0n) is 13.2. The molecule has 1 aromatic carbocycles. The highest BCUT2D eigenvalue weighted by Gasteiger charge is 2.28. The molecular weight excluding hydrogens is 356 g/mol. The number of imidazole rings is 1. The van der Waals surface area contributed by atoms with Crippen molar-refractivity contribution >= 4 is 41.0 Å². The Morgan fingerprint density at radius 3 is 2.38 bits per heavy atom. The second kappa shape index (κ2) is 6.12. The highest BCUT2D eigenvalue weighted by molar-refractivity contribution is 6.33. The fraction of sp³-hybridized carbons (Fsp3) is 0. The lowest BCUT2D eigenvalue weighted by molar-refractivity contribution is -0.123. The number of hydrogen-bond donors (Lipinski definition) is 2. The van der Waals surface area contributed by atoms with Crippen LogP contribution in [0.3, 0.4) is 0 Å². The number of amides is 4. The molecule has 3 aromatic rings. The van der Waals surface area contributed by atoms with Gasteiger partial charge in [-0.05, 0) is 30.3 Å². The number of barbiturate groups is 1. The molecule has 3 heterocycles. The third-order valence-corrected chi connectivity index (χ3v) is 4.25. The molecule has 2 aromatic heterocycles. The van der Waals surface area contributed by atoms with Gasteiger partial charge in [-0.1, -0.05) is 29.8 Å². The fourth-order valence-electron chi connectivity index (χ4n) is 2.74. The number of rotatable bonds is 2. The van der Waals surface area contributed by atoms with Crippen LogP contribution in [-0.4, -0.2) is 27.2 Å². The average Bonchev–Trinajstić information content (AvgIpc) is 2.97. The van der Waals surface area contributed by atoms with Crippen LogP contribution >= 0.6 is 11.6 Å². The zero-order chi connectivity index (χ0) is 18.3. The van der Waals surface area contributed by atoms with Gasteiger partial charge in [-0.3, -0.25) is 24.6 Å². The van der Waals surface area contributed by atoms with Gasteiger partial charge in [-0.25, -0.2) is 9.78 Å². The van der Waals surface area contributed by atoms with Gasteiger partial charge in [-0.15, -0.1) is 0 Å². The molecule has 26 heavy (non-hydrogen) atoms. The predicted octanol–water partition coefficient (Wildman–Crippen LogP) is 2.40. The average molecular weight is 367 g/mol. The number of hydrogen-bond acceptors (Lipinski definition) is 4. The van der Waals surface area contributed by atoms with E-state index in [9.17, 15) is 14.4 Å². The van der Waals surface area contributed by atoms with Gasteiger partial charge >= 0.3 is 6.03 Å². The lowest BCUT2D eigenvalue weighted by Gasteiger charge is -2.13. The maximum Gasteiger partial charge on any atom is 0.328 e. The van der Waals surface area contributed by atoms with Gasteiger partial charge in [0.15, 0.2) is 0 Å². The minimum atomic E-state index is -0.844. The number of imide groups is 2. The third-order valence-electron chi connectivity index (χ3n) is 3.92. The number of pyridine rings is 1. The summed E-state index contributed by atoms with van der Waals surface area (Å²) in [5.74, 6) is -0.962. The van der Waals surface area contributed by atoms with Crippen LogP contribution in [0.4, 0.5) is 4.79 Å².